The molecule has 0 aliphatic carbocycles. The van der Waals surface area contributed by atoms with Gasteiger partial charge in [-0.3, -0.25) is 9.63 Å². The number of fused-ring (bicyclic) bond motifs is 1. The number of hydroxylamine groups is 2. The van der Waals surface area contributed by atoms with Crippen LogP contribution in [0.15, 0.2) is 18.3 Å². The molecule has 0 saturated carbocycles. The molecule has 1 N–H and O–H groups in total. The number of carbonyl (C=O) groups is 1. The van der Waals surface area contributed by atoms with Crippen molar-refractivity contribution >= 4 is 5.91 Å². The van der Waals surface area contributed by atoms with Crippen molar-refractivity contribution in [3.8, 4) is 0 Å². The summed E-state index contributed by atoms with van der Waals surface area (Å²) < 4.78 is 2.24. The van der Waals surface area contributed by atoms with Gasteiger partial charge in [-0.15, -0.1) is 0 Å². The van der Waals surface area contributed by atoms with Gasteiger partial charge in [0, 0.05) is 37.9 Å². The highest BCUT2D eigenvalue weighted by Gasteiger charge is 2.24. The Hall–Kier alpha value is -1.33. The summed E-state index contributed by atoms with van der Waals surface area (Å²) in [6, 6.07) is 4.19. The van der Waals surface area contributed by atoms with Crippen LogP contribution in [0.1, 0.15) is 18.5 Å². The van der Waals surface area contributed by atoms with Gasteiger partial charge in [0.1, 0.15) is 0 Å². The zero-order chi connectivity index (χ0) is 12.4. The van der Waals surface area contributed by atoms with Gasteiger partial charge in [0.25, 0.3) is 0 Å². The zero-order valence-electron chi connectivity index (χ0n) is 10.5. The minimum Gasteiger partial charge on any atom is -0.350 e. The Morgan fingerprint density at radius 3 is 3.33 bits per heavy atom. The number of hydrogen-bond acceptors (Lipinski definition) is 3. The van der Waals surface area contributed by atoms with Gasteiger partial charge in [-0.25, -0.2) is 5.06 Å². The average Bonchev–Trinajstić information content (AvgIpc) is 2.99. The number of rotatable bonds is 2. The molecular weight excluding hydrogens is 230 g/mol. The Kier molecular flexibility index (Phi) is 3.34. The van der Waals surface area contributed by atoms with E-state index in [1.165, 1.54) is 10.8 Å². The average molecular weight is 249 g/mol. The van der Waals surface area contributed by atoms with E-state index in [2.05, 4.69) is 28.2 Å². The molecule has 1 aromatic heterocycles. The number of nitrogens with one attached hydrogen (secondary N) is 1. The quantitative estimate of drug-likeness (QED) is 0.842. The summed E-state index contributed by atoms with van der Waals surface area (Å²) in [6.07, 6.45) is 3.60. The number of hydrogen-bond donors (Lipinski definition) is 1. The van der Waals surface area contributed by atoms with Crippen molar-refractivity contribution in [2.24, 2.45) is 5.92 Å². The fourth-order valence-corrected chi connectivity index (χ4v) is 2.66. The van der Waals surface area contributed by atoms with Crippen molar-refractivity contribution in [2.75, 3.05) is 19.7 Å². The molecule has 0 bridgehead atoms. The Morgan fingerprint density at radius 1 is 1.56 bits per heavy atom. The van der Waals surface area contributed by atoms with Crippen molar-refractivity contribution in [1.29, 1.82) is 0 Å². The van der Waals surface area contributed by atoms with Crippen molar-refractivity contribution in [1.82, 2.24) is 14.9 Å². The first-order valence-corrected chi connectivity index (χ1v) is 6.61. The predicted octanol–water partition coefficient (Wildman–Crippen LogP) is 0.761. The molecule has 1 amide bonds. The molecule has 1 fully saturated rings. The summed E-state index contributed by atoms with van der Waals surface area (Å²) in [5.41, 5.74) is 1.29. The van der Waals surface area contributed by atoms with Crippen molar-refractivity contribution in [2.45, 2.75) is 25.9 Å². The van der Waals surface area contributed by atoms with E-state index in [1.54, 1.807) is 0 Å². The molecule has 3 rings (SSSR count). The molecule has 2 aliphatic heterocycles. The number of amides is 1. The van der Waals surface area contributed by atoms with Crippen LogP contribution in [0.25, 0.3) is 0 Å². The molecule has 5 heteroatoms. The van der Waals surface area contributed by atoms with Crippen molar-refractivity contribution < 1.29 is 9.63 Å². The molecule has 3 heterocycles. The molecule has 0 unspecified atom stereocenters. The molecular formula is C13H19N3O2. The van der Waals surface area contributed by atoms with Gasteiger partial charge >= 0.3 is 0 Å². The van der Waals surface area contributed by atoms with Gasteiger partial charge in [-0.2, -0.15) is 0 Å². The normalized spacial score (nSPS) is 23.8. The molecule has 5 nitrogen and oxygen atoms in total. The van der Waals surface area contributed by atoms with Crippen LogP contribution < -0.4 is 5.32 Å². The predicted molar refractivity (Wildman–Crippen MR) is 66.5 cm³/mol. The highest BCUT2D eigenvalue weighted by molar-refractivity contribution is 5.75. The lowest BCUT2D eigenvalue weighted by Gasteiger charge is -2.19. The SMILES string of the molecule is O=C(C[C@H]1CNCc2cccn2C1)N1CCCO1. The molecule has 0 aromatic carbocycles. The third-order valence-corrected chi connectivity index (χ3v) is 3.61. The number of aromatic nitrogens is 1. The lowest BCUT2D eigenvalue weighted by Crippen LogP contribution is -2.31. The van der Waals surface area contributed by atoms with Gasteiger partial charge in [0.15, 0.2) is 0 Å². The van der Waals surface area contributed by atoms with E-state index < -0.39 is 0 Å². The van der Waals surface area contributed by atoms with Crippen LogP contribution in [0, 0.1) is 5.92 Å². The third-order valence-electron chi connectivity index (χ3n) is 3.61. The topological polar surface area (TPSA) is 46.5 Å². The monoisotopic (exact) mass is 249 g/mol. The van der Waals surface area contributed by atoms with Crippen LogP contribution in [-0.4, -0.2) is 35.2 Å². The lowest BCUT2D eigenvalue weighted by molar-refractivity contribution is -0.169. The summed E-state index contributed by atoms with van der Waals surface area (Å²) in [5, 5.41) is 4.93. The minimum atomic E-state index is 0.120. The Morgan fingerprint density at radius 2 is 2.50 bits per heavy atom. The van der Waals surface area contributed by atoms with Crippen LogP contribution in [0.3, 0.4) is 0 Å². The molecule has 1 saturated heterocycles. The summed E-state index contributed by atoms with van der Waals surface area (Å²) in [6.45, 7) is 4.11. The van der Waals surface area contributed by atoms with Gasteiger partial charge in [-0.1, -0.05) is 0 Å². The summed E-state index contributed by atoms with van der Waals surface area (Å²) in [7, 11) is 0. The van der Waals surface area contributed by atoms with Crippen LogP contribution in [0.4, 0.5) is 0 Å². The summed E-state index contributed by atoms with van der Waals surface area (Å²) in [4.78, 5) is 17.3. The van der Waals surface area contributed by atoms with E-state index in [0.717, 1.165) is 32.6 Å². The zero-order valence-corrected chi connectivity index (χ0v) is 10.5. The summed E-state index contributed by atoms with van der Waals surface area (Å²) >= 11 is 0. The van der Waals surface area contributed by atoms with E-state index in [4.69, 9.17) is 4.84 Å². The highest BCUT2D eigenvalue weighted by Crippen LogP contribution is 2.16. The maximum Gasteiger partial charge on any atom is 0.246 e. The molecule has 98 valence electrons. The van der Waals surface area contributed by atoms with Gasteiger partial charge in [0.05, 0.1) is 13.2 Å². The first-order chi connectivity index (χ1) is 8.83. The Balaban J connectivity index is 1.61. The maximum atomic E-state index is 12.0. The lowest BCUT2D eigenvalue weighted by atomic mass is 10.1. The fraction of sp³-hybridized carbons (Fsp3) is 0.615. The summed E-state index contributed by atoms with van der Waals surface area (Å²) in [5.74, 6) is 0.463. The highest BCUT2D eigenvalue weighted by atomic mass is 16.7. The second-order valence-electron chi connectivity index (χ2n) is 5.04. The van der Waals surface area contributed by atoms with Crippen molar-refractivity contribution in [3.63, 3.8) is 0 Å². The number of nitrogens with zero attached hydrogens (tertiary/aromatic N) is 2. The fourth-order valence-electron chi connectivity index (χ4n) is 2.66. The van der Waals surface area contributed by atoms with Crippen LogP contribution in [0.2, 0.25) is 0 Å². The molecule has 1 aromatic rings. The molecule has 0 radical (unpaired) electrons. The number of carbonyl (C=O) groups excluding carboxylic acids is 1. The largest absolute Gasteiger partial charge is 0.350 e. The molecule has 1 atom stereocenters. The second kappa shape index (κ2) is 5.12. The first kappa shape index (κ1) is 11.7. The van der Waals surface area contributed by atoms with E-state index in [9.17, 15) is 4.79 Å². The standard InChI is InChI=1S/C13H19N3O2/c17-13(16-5-2-6-18-16)7-11-8-14-9-12-3-1-4-15(12)10-11/h1,3-4,11,14H,2,5-10H2/t11-/m0/s1. The second-order valence-corrected chi connectivity index (χ2v) is 5.04. The Labute approximate surface area is 107 Å². The molecule has 18 heavy (non-hydrogen) atoms. The van der Waals surface area contributed by atoms with Crippen LogP contribution in [-0.2, 0) is 22.7 Å². The van der Waals surface area contributed by atoms with Crippen molar-refractivity contribution in [3.05, 3.63) is 24.0 Å². The van der Waals surface area contributed by atoms with E-state index in [0.29, 0.717) is 18.9 Å². The van der Waals surface area contributed by atoms with Gasteiger partial charge in [-0.05, 0) is 24.5 Å². The minimum absolute atomic E-state index is 0.120. The van der Waals surface area contributed by atoms with E-state index in [1.807, 2.05) is 0 Å². The van der Waals surface area contributed by atoms with Gasteiger partial charge in [0.2, 0.25) is 5.91 Å². The van der Waals surface area contributed by atoms with Crippen LogP contribution >= 0.6 is 0 Å². The first-order valence-electron chi connectivity index (χ1n) is 6.61. The smallest absolute Gasteiger partial charge is 0.246 e. The Bertz CT molecular complexity index is 424. The van der Waals surface area contributed by atoms with E-state index in [-0.39, 0.29) is 5.91 Å². The molecule has 0 spiro atoms. The molecule has 2 aliphatic rings. The van der Waals surface area contributed by atoms with Gasteiger partial charge < -0.3 is 9.88 Å². The third kappa shape index (κ3) is 2.42. The maximum absolute atomic E-state index is 12.0. The van der Waals surface area contributed by atoms with E-state index >= 15 is 0 Å². The van der Waals surface area contributed by atoms with Crippen LogP contribution in [0.5, 0.6) is 0 Å².